The Bertz CT molecular complexity index is 357. The van der Waals surface area contributed by atoms with Crippen LogP contribution in [0.2, 0.25) is 0 Å². The summed E-state index contributed by atoms with van der Waals surface area (Å²) in [6.45, 7) is 1.86. The van der Waals surface area contributed by atoms with Crippen LogP contribution in [0.4, 0.5) is 0 Å². The lowest BCUT2D eigenvalue weighted by molar-refractivity contribution is -0.00979. The fraction of sp³-hybridized carbons (Fsp3) is 0.538. The molecule has 1 unspecified atom stereocenters. The summed E-state index contributed by atoms with van der Waals surface area (Å²) in [4.78, 5) is 0. The lowest BCUT2D eigenvalue weighted by Gasteiger charge is -2.35. The lowest BCUT2D eigenvalue weighted by atomic mass is 9.79. The van der Waals surface area contributed by atoms with Gasteiger partial charge in [-0.1, -0.05) is 12.1 Å². The van der Waals surface area contributed by atoms with E-state index in [1.54, 1.807) is 18.2 Å². The van der Waals surface area contributed by atoms with Gasteiger partial charge >= 0.3 is 0 Å². The van der Waals surface area contributed by atoms with Crippen molar-refractivity contribution in [3.8, 4) is 5.75 Å². The van der Waals surface area contributed by atoms with Crippen molar-refractivity contribution in [2.24, 2.45) is 5.92 Å². The molecule has 1 fully saturated rings. The number of aromatic hydroxyl groups is 1. The molecule has 0 saturated carbocycles. The molecule has 1 aliphatic rings. The van der Waals surface area contributed by atoms with Crippen molar-refractivity contribution >= 4 is 11.8 Å². The van der Waals surface area contributed by atoms with E-state index in [4.69, 9.17) is 0 Å². The van der Waals surface area contributed by atoms with E-state index in [1.807, 2.05) is 24.8 Å². The Morgan fingerprint density at radius 3 is 2.62 bits per heavy atom. The van der Waals surface area contributed by atoms with Gasteiger partial charge in [0.15, 0.2) is 0 Å². The summed E-state index contributed by atoms with van der Waals surface area (Å²) in [6, 6.07) is 6.98. The predicted molar refractivity (Wildman–Crippen MR) is 67.7 cm³/mol. The van der Waals surface area contributed by atoms with E-state index >= 15 is 0 Å². The zero-order valence-corrected chi connectivity index (χ0v) is 10.3. The maximum Gasteiger partial charge on any atom is 0.115 e. The number of hydrogen-bond donors (Lipinski definition) is 2. The van der Waals surface area contributed by atoms with E-state index in [2.05, 4.69) is 0 Å². The molecular formula is C13H18O2S. The number of benzene rings is 1. The molecule has 0 spiro atoms. The maximum atomic E-state index is 10.6. The molecule has 1 aliphatic heterocycles. The van der Waals surface area contributed by atoms with E-state index < -0.39 is 5.60 Å². The van der Waals surface area contributed by atoms with Crippen LogP contribution >= 0.6 is 11.8 Å². The van der Waals surface area contributed by atoms with Crippen molar-refractivity contribution in [1.29, 1.82) is 0 Å². The highest BCUT2D eigenvalue weighted by molar-refractivity contribution is 7.99. The molecule has 3 heteroatoms. The summed E-state index contributed by atoms with van der Waals surface area (Å²) in [6.07, 6.45) is 2.10. The van der Waals surface area contributed by atoms with Crippen LogP contribution < -0.4 is 0 Å². The van der Waals surface area contributed by atoms with Crippen LogP contribution in [-0.2, 0) is 5.60 Å². The second-order valence-electron chi connectivity index (χ2n) is 4.58. The Hall–Kier alpha value is -0.670. The van der Waals surface area contributed by atoms with Gasteiger partial charge in [-0.25, -0.2) is 0 Å². The van der Waals surface area contributed by atoms with Gasteiger partial charge in [0, 0.05) is 0 Å². The Morgan fingerprint density at radius 2 is 2.00 bits per heavy atom. The minimum absolute atomic E-state index is 0.225. The molecule has 88 valence electrons. The first-order valence-electron chi connectivity index (χ1n) is 5.70. The van der Waals surface area contributed by atoms with Crippen LogP contribution in [0.5, 0.6) is 5.75 Å². The average molecular weight is 238 g/mol. The van der Waals surface area contributed by atoms with E-state index in [9.17, 15) is 10.2 Å². The van der Waals surface area contributed by atoms with Crippen molar-refractivity contribution in [2.75, 3.05) is 11.5 Å². The van der Waals surface area contributed by atoms with Crippen molar-refractivity contribution < 1.29 is 10.2 Å². The zero-order valence-electron chi connectivity index (χ0n) is 9.52. The fourth-order valence-corrected chi connectivity index (χ4v) is 3.42. The van der Waals surface area contributed by atoms with Gasteiger partial charge in [0.1, 0.15) is 5.75 Å². The number of aliphatic hydroxyl groups is 1. The fourth-order valence-electron chi connectivity index (χ4n) is 2.32. The molecule has 0 amide bonds. The second-order valence-corrected chi connectivity index (χ2v) is 5.81. The number of thioether (sulfide) groups is 1. The third-order valence-electron chi connectivity index (χ3n) is 3.45. The largest absolute Gasteiger partial charge is 0.508 e. The molecule has 0 radical (unpaired) electrons. The normalized spacial score (nSPS) is 21.6. The van der Waals surface area contributed by atoms with Crippen LogP contribution in [0.25, 0.3) is 0 Å². The molecule has 1 heterocycles. The van der Waals surface area contributed by atoms with Crippen LogP contribution in [0.3, 0.4) is 0 Å². The summed E-state index contributed by atoms with van der Waals surface area (Å²) in [5, 5.41) is 20.1. The number of phenols is 1. The topological polar surface area (TPSA) is 40.5 Å². The molecule has 2 nitrogen and oxygen atoms in total. The summed E-state index contributed by atoms with van der Waals surface area (Å²) in [5.41, 5.74) is 0.00380. The van der Waals surface area contributed by atoms with Crippen LogP contribution in [-0.4, -0.2) is 21.7 Å². The first kappa shape index (κ1) is 11.8. The SMILES string of the molecule is CC(O)(c1cccc(O)c1)C1CCSCC1. The average Bonchev–Trinajstić information content (AvgIpc) is 2.30. The molecular weight excluding hydrogens is 220 g/mol. The number of hydrogen-bond acceptors (Lipinski definition) is 3. The zero-order chi connectivity index (χ0) is 11.6. The van der Waals surface area contributed by atoms with Crippen LogP contribution in [0.1, 0.15) is 25.3 Å². The summed E-state index contributed by atoms with van der Waals surface area (Å²) >= 11 is 1.95. The highest BCUT2D eigenvalue weighted by atomic mass is 32.2. The van der Waals surface area contributed by atoms with E-state index in [0.29, 0.717) is 5.92 Å². The van der Waals surface area contributed by atoms with E-state index in [1.165, 1.54) is 0 Å². The quantitative estimate of drug-likeness (QED) is 0.832. The number of rotatable bonds is 2. The highest BCUT2D eigenvalue weighted by Gasteiger charge is 2.34. The van der Waals surface area contributed by atoms with Gasteiger partial charge in [0.05, 0.1) is 5.60 Å². The van der Waals surface area contributed by atoms with Gasteiger partial charge in [-0.3, -0.25) is 0 Å². The maximum absolute atomic E-state index is 10.6. The van der Waals surface area contributed by atoms with Gasteiger partial charge in [-0.2, -0.15) is 11.8 Å². The van der Waals surface area contributed by atoms with E-state index in [-0.39, 0.29) is 5.75 Å². The monoisotopic (exact) mass is 238 g/mol. The van der Waals surface area contributed by atoms with Gasteiger partial charge < -0.3 is 10.2 Å². The molecule has 0 aromatic heterocycles. The molecule has 1 atom stereocenters. The minimum Gasteiger partial charge on any atom is -0.508 e. The molecule has 16 heavy (non-hydrogen) atoms. The third kappa shape index (κ3) is 2.36. The molecule has 0 bridgehead atoms. The Balaban J connectivity index is 2.22. The molecule has 2 rings (SSSR count). The van der Waals surface area contributed by atoms with Crippen molar-refractivity contribution in [2.45, 2.75) is 25.4 Å². The van der Waals surface area contributed by atoms with Crippen molar-refractivity contribution in [1.82, 2.24) is 0 Å². The van der Waals surface area contributed by atoms with Gasteiger partial charge in [-0.05, 0) is 54.9 Å². The molecule has 1 aromatic carbocycles. The lowest BCUT2D eigenvalue weighted by Crippen LogP contribution is -2.34. The molecule has 1 aromatic rings. The summed E-state index contributed by atoms with van der Waals surface area (Å²) in [7, 11) is 0. The minimum atomic E-state index is -0.820. The van der Waals surface area contributed by atoms with Crippen LogP contribution in [0.15, 0.2) is 24.3 Å². The van der Waals surface area contributed by atoms with Gasteiger partial charge in [-0.15, -0.1) is 0 Å². The second kappa shape index (κ2) is 4.68. The smallest absolute Gasteiger partial charge is 0.115 e. The molecule has 2 N–H and O–H groups in total. The first-order valence-corrected chi connectivity index (χ1v) is 6.86. The molecule has 0 aliphatic carbocycles. The standard InChI is InChI=1S/C13H18O2S/c1-13(15,10-5-7-16-8-6-10)11-3-2-4-12(14)9-11/h2-4,9-10,14-15H,5-8H2,1H3. The summed E-state index contributed by atoms with van der Waals surface area (Å²) < 4.78 is 0. The van der Waals surface area contributed by atoms with Gasteiger partial charge in [0.25, 0.3) is 0 Å². The Labute approximate surface area is 101 Å². The van der Waals surface area contributed by atoms with Crippen molar-refractivity contribution in [3.05, 3.63) is 29.8 Å². The third-order valence-corrected chi connectivity index (χ3v) is 4.50. The molecule has 1 saturated heterocycles. The summed E-state index contributed by atoms with van der Waals surface area (Å²) in [5.74, 6) is 2.78. The Morgan fingerprint density at radius 1 is 1.31 bits per heavy atom. The highest BCUT2D eigenvalue weighted by Crippen LogP contribution is 2.38. The first-order chi connectivity index (χ1) is 7.60. The Kier molecular flexibility index (Phi) is 3.45. The van der Waals surface area contributed by atoms with Gasteiger partial charge in [0.2, 0.25) is 0 Å². The van der Waals surface area contributed by atoms with Crippen LogP contribution in [0, 0.1) is 5.92 Å². The number of phenolic OH excluding ortho intramolecular Hbond substituents is 1. The van der Waals surface area contributed by atoms with Crippen molar-refractivity contribution in [3.63, 3.8) is 0 Å². The van der Waals surface area contributed by atoms with E-state index in [0.717, 1.165) is 29.9 Å². The predicted octanol–water partition coefficient (Wildman–Crippen LogP) is 2.74.